The predicted molar refractivity (Wildman–Crippen MR) is 133 cm³/mol. The number of hydrogen-bond acceptors (Lipinski definition) is 7. The summed E-state index contributed by atoms with van der Waals surface area (Å²) in [5, 5.41) is 0.733. The number of rotatable bonds is 4. The Morgan fingerprint density at radius 2 is 1.86 bits per heavy atom. The van der Waals surface area contributed by atoms with Crippen molar-refractivity contribution in [2.24, 2.45) is 0 Å². The number of esters is 1. The number of amides is 1. The molecule has 1 atom stereocenters. The van der Waals surface area contributed by atoms with Gasteiger partial charge in [0.2, 0.25) is 6.79 Å². The van der Waals surface area contributed by atoms with Crippen LogP contribution < -0.4 is 9.47 Å². The van der Waals surface area contributed by atoms with Crippen LogP contribution in [0.15, 0.2) is 42.5 Å². The number of aromatic nitrogens is 1. The number of carbonyl (C=O) groups excluding carboxylic acids is 2. The highest BCUT2D eigenvalue weighted by Gasteiger charge is 2.31. The van der Waals surface area contributed by atoms with E-state index in [9.17, 15) is 9.59 Å². The standard InChI is InChI=1S/C28H26N2O6/c1-17(27(31)30-10-12-33-13-11-30)36-28(32)25-20-4-2-3-5-22(20)29-26-19(7-8-21(25)26)14-18-6-9-23-24(15-18)35-16-34-23/h2-6,9,14-15,17H,7-8,10-13,16H2,1H3/b19-14+. The average molecular weight is 487 g/mol. The molecule has 1 aromatic heterocycles. The molecule has 8 heteroatoms. The van der Waals surface area contributed by atoms with Crippen molar-refractivity contribution in [1.29, 1.82) is 0 Å². The Hall–Kier alpha value is -3.91. The summed E-state index contributed by atoms with van der Waals surface area (Å²) in [4.78, 5) is 33.0. The molecule has 6 rings (SSSR count). The van der Waals surface area contributed by atoms with Crippen LogP contribution in [0.4, 0.5) is 0 Å². The second-order valence-corrected chi connectivity index (χ2v) is 9.10. The molecule has 1 fully saturated rings. The molecule has 0 saturated carbocycles. The van der Waals surface area contributed by atoms with Crippen molar-refractivity contribution in [3.8, 4) is 11.5 Å². The van der Waals surface area contributed by atoms with Crippen molar-refractivity contribution < 1.29 is 28.5 Å². The van der Waals surface area contributed by atoms with Crippen LogP contribution in [0.25, 0.3) is 22.6 Å². The van der Waals surface area contributed by atoms with Gasteiger partial charge in [-0.05, 0) is 60.7 Å². The lowest BCUT2D eigenvalue weighted by Crippen LogP contribution is -2.46. The molecule has 3 aliphatic rings. The highest BCUT2D eigenvalue weighted by Crippen LogP contribution is 2.39. The van der Waals surface area contributed by atoms with Gasteiger partial charge in [0.05, 0.1) is 30.0 Å². The fourth-order valence-electron chi connectivity index (χ4n) is 5.03. The van der Waals surface area contributed by atoms with E-state index in [0.717, 1.165) is 45.7 Å². The first-order chi connectivity index (χ1) is 17.6. The predicted octanol–water partition coefficient (Wildman–Crippen LogP) is 3.85. The zero-order valence-electron chi connectivity index (χ0n) is 20.0. The first-order valence-electron chi connectivity index (χ1n) is 12.2. The van der Waals surface area contributed by atoms with Crippen LogP contribution in [0, 0.1) is 0 Å². The van der Waals surface area contributed by atoms with Crippen molar-refractivity contribution in [3.05, 3.63) is 64.8 Å². The van der Waals surface area contributed by atoms with Gasteiger partial charge >= 0.3 is 5.97 Å². The van der Waals surface area contributed by atoms with Crippen LogP contribution in [0.3, 0.4) is 0 Å². The fraction of sp³-hybridized carbons (Fsp3) is 0.321. The van der Waals surface area contributed by atoms with Gasteiger partial charge < -0.3 is 23.8 Å². The van der Waals surface area contributed by atoms with E-state index < -0.39 is 12.1 Å². The number of morpholine rings is 1. The molecular formula is C28H26N2O6. The average Bonchev–Trinajstić information content (AvgIpc) is 3.54. The molecule has 184 valence electrons. The summed E-state index contributed by atoms with van der Waals surface area (Å²) in [5.41, 5.74) is 4.88. The van der Waals surface area contributed by atoms with E-state index >= 15 is 0 Å². The third kappa shape index (κ3) is 4.07. The van der Waals surface area contributed by atoms with Crippen LogP contribution in [-0.2, 0) is 20.7 Å². The first-order valence-corrected chi connectivity index (χ1v) is 12.2. The lowest BCUT2D eigenvalue weighted by molar-refractivity contribution is -0.143. The summed E-state index contributed by atoms with van der Waals surface area (Å²) < 4.78 is 22.0. The van der Waals surface area contributed by atoms with Gasteiger partial charge in [0.15, 0.2) is 17.6 Å². The number of carbonyl (C=O) groups is 2. The number of fused-ring (bicyclic) bond motifs is 3. The van der Waals surface area contributed by atoms with Crippen LogP contribution in [0.2, 0.25) is 0 Å². The minimum Gasteiger partial charge on any atom is -0.454 e. The normalized spacial score (nSPS) is 18.4. The minimum absolute atomic E-state index is 0.204. The molecule has 2 aliphatic heterocycles. The molecule has 0 spiro atoms. The van der Waals surface area contributed by atoms with Crippen LogP contribution in [-0.4, -0.2) is 61.0 Å². The van der Waals surface area contributed by atoms with Crippen LogP contribution in [0.5, 0.6) is 11.5 Å². The molecule has 2 aromatic carbocycles. The van der Waals surface area contributed by atoms with E-state index in [4.69, 9.17) is 23.9 Å². The Morgan fingerprint density at radius 1 is 1.06 bits per heavy atom. The van der Waals surface area contributed by atoms with E-state index in [1.807, 2.05) is 42.5 Å². The second-order valence-electron chi connectivity index (χ2n) is 9.10. The molecule has 3 aromatic rings. The number of benzene rings is 2. The van der Waals surface area contributed by atoms with Gasteiger partial charge in [-0.2, -0.15) is 0 Å². The van der Waals surface area contributed by atoms with Crippen molar-refractivity contribution >= 4 is 34.4 Å². The Balaban J connectivity index is 1.34. The van der Waals surface area contributed by atoms with Crippen LogP contribution >= 0.6 is 0 Å². The SMILES string of the molecule is CC(OC(=O)c1c2c(nc3ccccc13)/C(=C/c1ccc3c(c1)OCO3)CC2)C(=O)N1CCOCC1. The highest BCUT2D eigenvalue weighted by molar-refractivity contribution is 6.07. The largest absolute Gasteiger partial charge is 0.454 e. The summed E-state index contributed by atoms with van der Waals surface area (Å²) in [6.07, 6.45) is 2.60. The molecule has 1 aliphatic carbocycles. The Kier molecular flexibility index (Phi) is 5.81. The van der Waals surface area contributed by atoms with Gasteiger partial charge in [-0.1, -0.05) is 24.3 Å². The van der Waals surface area contributed by atoms with Crippen LogP contribution in [0.1, 0.15) is 40.5 Å². The quantitative estimate of drug-likeness (QED) is 0.518. The number of pyridine rings is 1. The summed E-state index contributed by atoms with van der Waals surface area (Å²) >= 11 is 0. The maximum absolute atomic E-state index is 13.5. The number of ether oxygens (including phenoxy) is 4. The Morgan fingerprint density at radius 3 is 2.72 bits per heavy atom. The highest BCUT2D eigenvalue weighted by atomic mass is 16.7. The number of nitrogens with zero attached hydrogens (tertiary/aromatic N) is 2. The number of hydrogen-bond donors (Lipinski definition) is 0. The van der Waals surface area contributed by atoms with Crippen molar-refractivity contribution in [2.75, 3.05) is 33.1 Å². The van der Waals surface area contributed by atoms with Gasteiger partial charge in [-0.25, -0.2) is 9.78 Å². The van der Waals surface area contributed by atoms with E-state index in [0.29, 0.717) is 43.8 Å². The molecule has 8 nitrogen and oxygen atoms in total. The number of para-hydroxylation sites is 1. The van der Waals surface area contributed by atoms with E-state index in [1.165, 1.54) is 0 Å². The summed E-state index contributed by atoms with van der Waals surface area (Å²) in [5.74, 6) is 0.754. The lowest BCUT2D eigenvalue weighted by atomic mass is 10.0. The van der Waals surface area contributed by atoms with Gasteiger partial charge in [0.1, 0.15) is 0 Å². The molecule has 0 bridgehead atoms. The van der Waals surface area contributed by atoms with E-state index in [2.05, 4.69) is 6.08 Å². The Labute approximate surface area is 208 Å². The third-order valence-corrected chi connectivity index (χ3v) is 6.84. The molecule has 0 N–H and O–H groups in total. The topological polar surface area (TPSA) is 87.2 Å². The number of allylic oxidation sites excluding steroid dienone is 1. The van der Waals surface area contributed by atoms with Crippen molar-refractivity contribution in [2.45, 2.75) is 25.9 Å². The molecule has 3 heterocycles. The van der Waals surface area contributed by atoms with Crippen molar-refractivity contribution in [3.63, 3.8) is 0 Å². The summed E-state index contributed by atoms with van der Waals surface area (Å²) in [6.45, 7) is 3.85. The maximum Gasteiger partial charge on any atom is 0.339 e. The molecule has 0 radical (unpaired) electrons. The monoisotopic (exact) mass is 486 g/mol. The fourth-order valence-corrected chi connectivity index (χ4v) is 5.03. The zero-order chi connectivity index (χ0) is 24.6. The minimum atomic E-state index is -0.886. The molecular weight excluding hydrogens is 460 g/mol. The maximum atomic E-state index is 13.5. The summed E-state index contributed by atoms with van der Waals surface area (Å²) in [6, 6.07) is 13.4. The second kappa shape index (κ2) is 9.28. The molecule has 36 heavy (non-hydrogen) atoms. The first kappa shape index (κ1) is 22.5. The zero-order valence-corrected chi connectivity index (χ0v) is 20.0. The third-order valence-electron chi connectivity index (χ3n) is 6.84. The van der Waals surface area contributed by atoms with Gasteiger partial charge in [-0.15, -0.1) is 0 Å². The summed E-state index contributed by atoms with van der Waals surface area (Å²) in [7, 11) is 0. The van der Waals surface area contributed by atoms with Gasteiger partial charge in [0, 0.05) is 18.5 Å². The van der Waals surface area contributed by atoms with E-state index in [1.54, 1.807) is 11.8 Å². The van der Waals surface area contributed by atoms with Gasteiger partial charge in [0.25, 0.3) is 5.91 Å². The lowest BCUT2D eigenvalue weighted by Gasteiger charge is -2.29. The smallest absolute Gasteiger partial charge is 0.339 e. The molecule has 1 saturated heterocycles. The molecule has 1 unspecified atom stereocenters. The van der Waals surface area contributed by atoms with Crippen molar-refractivity contribution in [1.82, 2.24) is 9.88 Å². The van der Waals surface area contributed by atoms with Gasteiger partial charge in [-0.3, -0.25) is 4.79 Å². The van der Waals surface area contributed by atoms with E-state index in [-0.39, 0.29) is 12.7 Å². The Bertz CT molecular complexity index is 1390. The molecule has 1 amide bonds.